The number of carbonyl (C=O) groups excluding carboxylic acids is 3. The lowest BCUT2D eigenvalue weighted by molar-refractivity contribution is -0.146. The van der Waals surface area contributed by atoms with Crippen molar-refractivity contribution in [1.82, 2.24) is 24.4 Å². The highest BCUT2D eigenvalue weighted by atomic mass is 16.2. The molecule has 0 radical (unpaired) electrons. The van der Waals surface area contributed by atoms with E-state index in [4.69, 9.17) is 0 Å². The molecule has 0 spiro atoms. The summed E-state index contributed by atoms with van der Waals surface area (Å²) in [5.41, 5.74) is 3.48. The van der Waals surface area contributed by atoms with E-state index in [-0.39, 0.29) is 35.9 Å². The quantitative estimate of drug-likeness (QED) is 0.555. The number of benzene rings is 1. The van der Waals surface area contributed by atoms with Crippen molar-refractivity contribution in [2.24, 2.45) is 11.8 Å². The van der Waals surface area contributed by atoms with Crippen molar-refractivity contribution in [3.8, 4) is 11.3 Å². The molecule has 8 nitrogen and oxygen atoms in total. The maximum Gasteiger partial charge on any atom is 0.228 e. The van der Waals surface area contributed by atoms with Crippen molar-refractivity contribution >= 4 is 23.2 Å². The van der Waals surface area contributed by atoms with Gasteiger partial charge in [0.15, 0.2) is 11.5 Å². The molecule has 3 aromatic rings. The van der Waals surface area contributed by atoms with Gasteiger partial charge in [0.1, 0.15) is 5.78 Å². The van der Waals surface area contributed by atoms with Crippen LogP contribution in [-0.2, 0) is 27.2 Å². The Hall–Kier alpha value is -3.55. The van der Waals surface area contributed by atoms with E-state index in [1.54, 1.807) is 28.4 Å². The Morgan fingerprint density at radius 1 is 0.970 bits per heavy atom. The van der Waals surface area contributed by atoms with Gasteiger partial charge in [0.25, 0.3) is 0 Å². The fraction of sp³-hybridized carbons (Fsp3) is 0.400. The van der Waals surface area contributed by atoms with Crippen LogP contribution in [0.5, 0.6) is 0 Å². The van der Waals surface area contributed by atoms with Gasteiger partial charge in [-0.2, -0.15) is 5.10 Å². The maximum atomic E-state index is 12.6. The molecule has 2 aliphatic rings. The predicted molar refractivity (Wildman–Crippen MR) is 122 cm³/mol. The van der Waals surface area contributed by atoms with Crippen LogP contribution in [0.3, 0.4) is 0 Å². The van der Waals surface area contributed by atoms with Crippen LogP contribution < -0.4 is 0 Å². The number of aromatic nitrogens is 3. The number of amides is 2. The minimum Gasteiger partial charge on any atom is -0.348 e. The normalized spacial score (nSPS) is 16.0. The fourth-order valence-electron chi connectivity index (χ4n) is 4.23. The summed E-state index contributed by atoms with van der Waals surface area (Å²) in [5, 5.41) is 4.58. The Morgan fingerprint density at radius 2 is 1.70 bits per heavy atom. The second-order valence-electron chi connectivity index (χ2n) is 9.23. The van der Waals surface area contributed by atoms with E-state index in [0.29, 0.717) is 31.0 Å². The molecule has 1 saturated heterocycles. The highest BCUT2D eigenvalue weighted by molar-refractivity contribution is 5.85. The second-order valence-corrected chi connectivity index (χ2v) is 9.23. The molecule has 1 saturated carbocycles. The molecule has 2 fully saturated rings. The van der Waals surface area contributed by atoms with Crippen LogP contribution in [0.4, 0.5) is 0 Å². The van der Waals surface area contributed by atoms with Crippen LogP contribution in [0.15, 0.2) is 42.5 Å². The van der Waals surface area contributed by atoms with E-state index in [1.807, 2.05) is 42.5 Å². The Balaban J connectivity index is 1.26. The average molecular weight is 446 g/mol. The third-order valence-electron chi connectivity index (χ3n) is 6.40. The lowest BCUT2D eigenvalue weighted by atomic mass is 9.97. The summed E-state index contributed by atoms with van der Waals surface area (Å²) in [7, 11) is 3.48. The van der Waals surface area contributed by atoms with Gasteiger partial charge in [0, 0.05) is 38.7 Å². The van der Waals surface area contributed by atoms with Crippen LogP contribution >= 0.6 is 0 Å². The van der Waals surface area contributed by atoms with Crippen molar-refractivity contribution in [2.75, 3.05) is 27.2 Å². The van der Waals surface area contributed by atoms with Gasteiger partial charge in [0.2, 0.25) is 11.8 Å². The predicted octanol–water partition coefficient (Wildman–Crippen LogP) is 2.01. The van der Waals surface area contributed by atoms with Gasteiger partial charge < -0.3 is 9.80 Å². The molecule has 33 heavy (non-hydrogen) atoms. The van der Waals surface area contributed by atoms with Gasteiger partial charge in [-0.15, -0.1) is 0 Å². The molecular formula is C25H27N5O3. The van der Waals surface area contributed by atoms with E-state index < -0.39 is 0 Å². The Bertz CT molecular complexity index is 1220. The first-order chi connectivity index (χ1) is 15.9. The SMILES string of the molecule is CN(C)C(=O)C1CN(C(=O)Cc2ccc(-c3cccc4nc(CC(=O)C5CC5)nn34)cc2)C1. The molecule has 5 rings (SSSR count). The lowest BCUT2D eigenvalue weighted by Gasteiger charge is -2.39. The number of hydrogen-bond donors (Lipinski definition) is 0. The Morgan fingerprint density at radius 3 is 2.36 bits per heavy atom. The van der Waals surface area contributed by atoms with Gasteiger partial charge >= 0.3 is 0 Å². The van der Waals surface area contributed by atoms with Gasteiger partial charge in [-0.3, -0.25) is 14.4 Å². The van der Waals surface area contributed by atoms with E-state index in [0.717, 1.165) is 29.7 Å². The summed E-state index contributed by atoms with van der Waals surface area (Å²) in [6.45, 7) is 0.988. The largest absolute Gasteiger partial charge is 0.348 e. The summed E-state index contributed by atoms with van der Waals surface area (Å²) in [4.78, 5) is 44.5. The zero-order valence-electron chi connectivity index (χ0n) is 18.9. The maximum absolute atomic E-state index is 12.6. The Kier molecular flexibility index (Phi) is 5.44. The van der Waals surface area contributed by atoms with Crippen molar-refractivity contribution in [3.63, 3.8) is 0 Å². The summed E-state index contributed by atoms with van der Waals surface area (Å²) < 4.78 is 1.78. The highest BCUT2D eigenvalue weighted by Gasteiger charge is 2.36. The molecule has 2 amide bonds. The first-order valence-corrected chi connectivity index (χ1v) is 11.3. The van der Waals surface area contributed by atoms with Crippen molar-refractivity contribution in [3.05, 3.63) is 53.9 Å². The highest BCUT2D eigenvalue weighted by Crippen LogP contribution is 2.31. The average Bonchev–Trinajstić information content (AvgIpc) is 3.53. The number of rotatable bonds is 7. The first-order valence-electron chi connectivity index (χ1n) is 11.3. The van der Waals surface area contributed by atoms with Gasteiger partial charge in [0.05, 0.1) is 24.5 Å². The van der Waals surface area contributed by atoms with Crippen LogP contribution in [0.2, 0.25) is 0 Å². The second kappa shape index (κ2) is 8.42. The number of carbonyl (C=O) groups is 3. The summed E-state index contributed by atoms with van der Waals surface area (Å²) in [5.74, 6) is 1.00. The third kappa shape index (κ3) is 4.37. The van der Waals surface area contributed by atoms with Crippen molar-refractivity contribution < 1.29 is 14.4 Å². The molecule has 2 aromatic heterocycles. The van der Waals surface area contributed by atoms with Crippen LogP contribution in [-0.4, -0.2) is 69.2 Å². The fourth-order valence-corrected chi connectivity index (χ4v) is 4.23. The van der Waals surface area contributed by atoms with Crippen LogP contribution in [0, 0.1) is 11.8 Å². The number of nitrogens with zero attached hydrogens (tertiary/aromatic N) is 5. The zero-order chi connectivity index (χ0) is 23.1. The topological polar surface area (TPSA) is 87.9 Å². The Labute approximate surface area is 192 Å². The summed E-state index contributed by atoms with van der Waals surface area (Å²) >= 11 is 0. The molecule has 0 unspecified atom stereocenters. The summed E-state index contributed by atoms with van der Waals surface area (Å²) in [6, 6.07) is 13.6. The van der Waals surface area contributed by atoms with E-state index in [9.17, 15) is 14.4 Å². The molecule has 0 bridgehead atoms. The number of pyridine rings is 1. The smallest absolute Gasteiger partial charge is 0.228 e. The molecule has 0 atom stereocenters. The number of fused-ring (bicyclic) bond motifs is 1. The van der Waals surface area contributed by atoms with Crippen LogP contribution in [0.25, 0.3) is 16.9 Å². The molecular weight excluding hydrogens is 418 g/mol. The number of ketones is 1. The molecule has 1 aliphatic heterocycles. The van der Waals surface area contributed by atoms with E-state index >= 15 is 0 Å². The zero-order valence-corrected chi connectivity index (χ0v) is 18.9. The first kappa shape index (κ1) is 21.3. The van der Waals surface area contributed by atoms with E-state index in [1.165, 1.54) is 0 Å². The molecule has 3 heterocycles. The number of likely N-dealkylation sites (tertiary alicyclic amines) is 1. The molecule has 8 heteroatoms. The number of hydrogen-bond acceptors (Lipinski definition) is 5. The van der Waals surface area contributed by atoms with Crippen molar-refractivity contribution in [2.45, 2.75) is 25.7 Å². The van der Waals surface area contributed by atoms with Gasteiger partial charge in [-0.25, -0.2) is 9.50 Å². The number of Topliss-reactive ketones (excluding diaryl/α,β-unsaturated/α-hetero) is 1. The molecule has 170 valence electrons. The third-order valence-corrected chi connectivity index (χ3v) is 6.40. The lowest BCUT2D eigenvalue weighted by Crippen LogP contribution is -2.55. The van der Waals surface area contributed by atoms with Crippen LogP contribution in [0.1, 0.15) is 24.2 Å². The summed E-state index contributed by atoms with van der Waals surface area (Å²) in [6.07, 6.45) is 2.56. The van der Waals surface area contributed by atoms with Gasteiger partial charge in [-0.1, -0.05) is 30.3 Å². The molecule has 1 aliphatic carbocycles. The minimum absolute atomic E-state index is 0.0360. The minimum atomic E-state index is -0.0843. The van der Waals surface area contributed by atoms with E-state index in [2.05, 4.69) is 10.1 Å². The van der Waals surface area contributed by atoms with Crippen molar-refractivity contribution in [1.29, 1.82) is 0 Å². The van der Waals surface area contributed by atoms with Gasteiger partial charge in [-0.05, 0) is 30.5 Å². The monoisotopic (exact) mass is 445 g/mol. The molecule has 1 aromatic carbocycles. The molecule has 0 N–H and O–H groups in total. The standard InChI is InChI=1S/C25H27N5O3/c1-28(2)25(33)19-14-29(15-19)24(32)12-16-6-8-17(9-7-16)20-4-3-5-23-26-22(27-30(20)23)13-21(31)18-10-11-18/h3-9,18-19H,10-15H2,1-2H3.